The van der Waals surface area contributed by atoms with Crippen molar-refractivity contribution in [1.29, 1.82) is 0 Å². The zero-order valence-electron chi connectivity index (χ0n) is 15.9. The SMILES string of the molecule is CCN(CC)CCCOc1cccc(-c2nc3c(C(N)=O)cccc3[nH]2)c1. The lowest BCUT2D eigenvalue weighted by Crippen LogP contribution is -2.25. The highest BCUT2D eigenvalue weighted by Crippen LogP contribution is 2.25. The number of hydrogen-bond donors (Lipinski definition) is 2. The standard InChI is InChI=1S/C21H26N4O2/c1-3-25(4-2)12-7-13-27-16-9-5-8-15(14-16)21-23-18-11-6-10-17(20(22)26)19(18)24-21/h5-6,8-11,14H,3-4,7,12-13H2,1-2H3,(H2,22,26)(H,23,24). The van der Waals surface area contributed by atoms with Crippen molar-refractivity contribution in [3.63, 3.8) is 0 Å². The number of nitrogens with zero attached hydrogens (tertiary/aromatic N) is 2. The van der Waals surface area contributed by atoms with Crippen molar-refractivity contribution in [3.8, 4) is 17.1 Å². The highest BCUT2D eigenvalue weighted by molar-refractivity contribution is 6.04. The van der Waals surface area contributed by atoms with Crippen molar-refractivity contribution < 1.29 is 9.53 Å². The second kappa shape index (κ2) is 8.68. The van der Waals surface area contributed by atoms with Gasteiger partial charge in [-0.25, -0.2) is 4.98 Å². The molecular weight excluding hydrogens is 340 g/mol. The van der Waals surface area contributed by atoms with Crippen molar-refractivity contribution in [2.24, 2.45) is 5.73 Å². The number of aromatic nitrogens is 2. The third-order valence-corrected chi connectivity index (χ3v) is 4.67. The van der Waals surface area contributed by atoms with Gasteiger partial charge in [0.2, 0.25) is 0 Å². The van der Waals surface area contributed by atoms with Gasteiger partial charge >= 0.3 is 0 Å². The number of para-hydroxylation sites is 1. The Bertz CT molecular complexity index is 915. The van der Waals surface area contributed by atoms with Gasteiger partial charge < -0.3 is 20.4 Å². The number of nitrogens with one attached hydrogen (secondary N) is 1. The maximum absolute atomic E-state index is 11.6. The Labute approximate surface area is 159 Å². The fourth-order valence-electron chi connectivity index (χ4n) is 3.12. The molecule has 3 rings (SSSR count). The van der Waals surface area contributed by atoms with Crippen LogP contribution in [0.15, 0.2) is 42.5 Å². The van der Waals surface area contributed by atoms with Gasteiger partial charge in [0.1, 0.15) is 17.1 Å². The van der Waals surface area contributed by atoms with Crippen LogP contribution >= 0.6 is 0 Å². The quantitative estimate of drug-likeness (QED) is 0.568. The third-order valence-electron chi connectivity index (χ3n) is 4.67. The van der Waals surface area contributed by atoms with Crippen LogP contribution in [-0.4, -0.2) is 47.0 Å². The number of carbonyl (C=O) groups excluding carboxylic acids is 1. The highest BCUT2D eigenvalue weighted by Gasteiger charge is 2.12. The molecule has 3 aromatic rings. The zero-order valence-corrected chi connectivity index (χ0v) is 15.9. The van der Waals surface area contributed by atoms with Gasteiger partial charge in [-0.3, -0.25) is 4.79 Å². The molecule has 0 unspecified atom stereocenters. The summed E-state index contributed by atoms with van der Waals surface area (Å²) in [5.74, 6) is 1.01. The van der Waals surface area contributed by atoms with Crippen LogP contribution in [0.5, 0.6) is 5.75 Å². The molecule has 1 amide bonds. The maximum atomic E-state index is 11.6. The van der Waals surface area contributed by atoms with Crippen LogP contribution in [0.2, 0.25) is 0 Å². The molecule has 27 heavy (non-hydrogen) atoms. The number of H-pyrrole nitrogens is 1. The Morgan fingerprint density at radius 1 is 1.19 bits per heavy atom. The summed E-state index contributed by atoms with van der Waals surface area (Å²) in [7, 11) is 0. The number of hydrogen-bond acceptors (Lipinski definition) is 4. The fourth-order valence-corrected chi connectivity index (χ4v) is 3.12. The van der Waals surface area contributed by atoms with Gasteiger partial charge in [-0.2, -0.15) is 0 Å². The van der Waals surface area contributed by atoms with Crippen LogP contribution in [0.1, 0.15) is 30.6 Å². The molecule has 0 saturated heterocycles. The number of aromatic amines is 1. The first-order valence-corrected chi connectivity index (χ1v) is 9.36. The second-order valence-corrected chi connectivity index (χ2v) is 6.41. The molecule has 3 N–H and O–H groups in total. The van der Waals surface area contributed by atoms with Gasteiger partial charge in [-0.15, -0.1) is 0 Å². The second-order valence-electron chi connectivity index (χ2n) is 6.41. The lowest BCUT2D eigenvalue weighted by atomic mass is 10.2. The minimum Gasteiger partial charge on any atom is -0.494 e. The van der Waals surface area contributed by atoms with E-state index in [0.29, 0.717) is 23.5 Å². The van der Waals surface area contributed by atoms with E-state index in [2.05, 4.69) is 28.7 Å². The van der Waals surface area contributed by atoms with Crippen LogP contribution in [0.3, 0.4) is 0 Å². The van der Waals surface area contributed by atoms with Crippen molar-refractivity contribution in [1.82, 2.24) is 14.9 Å². The molecule has 0 radical (unpaired) electrons. The van der Waals surface area contributed by atoms with Crippen molar-refractivity contribution in [3.05, 3.63) is 48.0 Å². The first-order chi connectivity index (χ1) is 13.1. The van der Waals surface area contributed by atoms with Gasteiger partial charge in [-0.05, 0) is 43.8 Å². The summed E-state index contributed by atoms with van der Waals surface area (Å²) >= 11 is 0. The predicted molar refractivity (Wildman–Crippen MR) is 108 cm³/mol. The minimum absolute atomic E-state index is 0.416. The van der Waals surface area contributed by atoms with Crippen molar-refractivity contribution >= 4 is 16.9 Å². The molecule has 1 heterocycles. The molecule has 0 aliphatic carbocycles. The molecule has 0 bridgehead atoms. The summed E-state index contributed by atoms with van der Waals surface area (Å²) in [6.45, 7) is 8.17. The number of carbonyl (C=O) groups is 1. The Morgan fingerprint density at radius 3 is 2.70 bits per heavy atom. The summed E-state index contributed by atoms with van der Waals surface area (Å²) in [6, 6.07) is 13.2. The Morgan fingerprint density at radius 2 is 1.96 bits per heavy atom. The Balaban J connectivity index is 1.73. The molecule has 0 saturated carbocycles. The molecule has 142 valence electrons. The Kier molecular flexibility index (Phi) is 6.08. The van der Waals surface area contributed by atoms with Gasteiger partial charge in [0, 0.05) is 12.1 Å². The third kappa shape index (κ3) is 4.46. The minimum atomic E-state index is -0.482. The van der Waals surface area contributed by atoms with E-state index < -0.39 is 5.91 Å². The summed E-state index contributed by atoms with van der Waals surface area (Å²) in [5, 5.41) is 0. The summed E-state index contributed by atoms with van der Waals surface area (Å²) in [4.78, 5) is 21.8. The van der Waals surface area contributed by atoms with Gasteiger partial charge in [0.25, 0.3) is 5.91 Å². The summed E-state index contributed by atoms with van der Waals surface area (Å²) in [5.41, 5.74) is 8.14. The number of rotatable bonds is 9. The molecule has 6 heteroatoms. The highest BCUT2D eigenvalue weighted by atomic mass is 16.5. The van der Waals surface area contributed by atoms with Crippen LogP contribution in [0.4, 0.5) is 0 Å². The molecule has 0 fully saturated rings. The average Bonchev–Trinajstić information content (AvgIpc) is 3.12. The number of amides is 1. The largest absolute Gasteiger partial charge is 0.494 e. The van der Waals surface area contributed by atoms with Crippen LogP contribution in [0.25, 0.3) is 22.4 Å². The van der Waals surface area contributed by atoms with E-state index in [1.807, 2.05) is 30.3 Å². The normalized spacial score (nSPS) is 11.2. The first-order valence-electron chi connectivity index (χ1n) is 9.36. The topological polar surface area (TPSA) is 84.2 Å². The van der Waals surface area contributed by atoms with E-state index in [0.717, 1.165) is 42.9 Å². The van der Waals surface area contributed by atoms with Crippen LogP contribution in [-0.2, 0) is 0 Å². The lowest BCUT2D eigenvalue weighted by molar-refractivity contribution is 0.100. The predicted octanol–water partition coefficient (Wildman–Crippen LogP) is 3.44. The molecule has 0 atom stereocenters. The van der Waals surface area contributed by atoms with Crippen LogP contribution in [0, 0.1) is 0 Å². The van der Waals surface area contributed by atoms with E-state index in [-0.39, 0.29) is 0 Å². The van der Waals surface area contributed by atoms with E-state index in [4.69, 9.17) is 10.5 Å². The van der Waals surface area contributed by atoms with E-state index in [1.54, 1.807) is 12.1 Å². The summed E-state index contributed by atoms with van der Waals surface area (Å²) in [6.07, 6.45) is 0.985. The monoisotopic (exact) mass is 366 g/mol. The maximum Gasteiger partial charge on any atom is 0.250 e. The Hall–Kier alpha value is -2.86. The molecule has 2 aromatic carbocycles. The zero-order chi connectivity index (χ0) is 19.2. The van der Waals surface area contributed by atoms with Crippen molar-refractivity contribution in [2.75, 3.05) is 26.2 Å². The smallest absolute Gasteiger partial charge is 0.250 e. The number of imidazole rings is 1. The van der Waals surface area contributed by atoms with E-state index in [1.165, 1.54) is 0 Å². The average molecular weight is 366 g/mol. The molecule has 0 aliphatic rings. The molecule has 6 nitrogen and oxygen atoms in total. The molecule has 0 spiro atoms. The lowest BCUT2D eigenvalue weighted by Gasteiger charge is -2.17. The number of fused-ring (bicyclic) bond motifs is 1. The number of nitrogens with two attached hydrogens (primary N) is 1. The summed E-state index contributed by atoms with van der Waals surface area (Å²) < 4.78 is 5.90. The van der Waals surface area contributed by atoms with Crippen LogP contribution < -0.4 is 10.5 Å². The number of benzene rings is 2. The molecule has 0 aliphatic heterocycles. The number of ether oxygens (including phenoxy) is 1. The molecule has 1 aromatic heterocycles. The van der Waals surface area contributed by atoms with E-state index >= 15 is 0 Å². The van der Waals surface area contributed by atoms with Gasteiger partial charge in [0.15, 0.2) is 0 Å². The first kappa shape index (κ1) is 18.9. The van der Waals surface area contributed by atoms with Gasteiger partial charge in [0.05, 0.1) is 17.7 Å². The van der Waals surface area contributed by atoms with Crippen molar-refractivity contribution in [2.45, 2.75) is 20.3 Å². The van der Waals surface area contributed by atoms with Gasteiger partial charge in [-0.1, -0.05) is 32.0 Å². The number of primary amides is 1. The fraction of sp³-hybridized carbons (Fsp3) is 0.333. The molecular formula is C21H26N4O2. The van der Waals surface area contributed by atoms with E-state index in [9.17, 15) is 4.79 Å².